The standard InChI is InChI=1S/C19H34.C11H22.2C2H6/c1-15-9-8-14-19(5)16(11-12-17(15)19)10-6-7-13-18(2,3)4;1-4-5-6-11-8-9(2)7-10(11)3;2*1-2/h16-17H,1,6-14H2,2-5H3;9-11H,4-8H2,1-3H3;2*1-2H3. The van der Waals surface area contributed by atoms with Crippen LogP contribution in [0.2, 0.25) is 0 Å². The van der Waals surface area contributed by atoms with Crippen LogP contribution in [0.1, 0.15) is 166 Å². The lowest BCUT2D eigenvalue weighted by Gasteiger charge is -2.42. The molecule has 0 spiro atoms. The van der Waals surface area contributed by atoms with Crippen LogP contribution in [0.25, 0.3) is 0 Å². The number of fused-ring (bicyclic) bond motifs is 1. The minimum Gasteiger partial charge on any atom is -0.0996 e. The van der Waals surface area contributed by atoms with Gasteiger partial charge in [-0.15, -0.1) is 0 Å². The van der Waals surface area contributed by atoms with Gasteiger partial charge in [0.05, 0.1) is 0 Å². The van der Waals surface area contributed by atoms with Crippen LogP contribution in [0.4, 0.5) is 0 Å². The quantitative estimate of drug-likeness (QED) is 0.253. The maximum Gasteiger partial charge on any atom is -0.0149 e. The Balaban J connectivity index is 0.000000618. The van der Waals surface area contributed by atoms with Crippen LogP contribution in [0.5, 0.6) is 0 Å². The Morgan fingerprint density at radius 2 is 1.56 bits per heavy atom. The average molecular weight is 477 g/mol. The maximum absolute atomic E-state index is 4.37. The van der Waals surface area contributed by atoms with Crippen molar-refractivity contribution in [3.8, 4) is 0 Å². The van der Waals surface area contributed by atoms with E-state index >= 15 is 0 Å². The molecule has 0 aromatic heterocycles. The molecule has 3 aliphatic rings. The van der Waals surface area contributed by atoms with Crippen LogP contribution >= 0.6 is 0 Å². The van der Waals surface area contributed by atoms with Gasteiger partial charge in [-0.05, 0) is 98.2 Å². The first-order valence-corrected chi connectivity index (χ1v) is 15.7. The molecule has 0 aromatic rings. The van der Waals surface area contributed by atoms with Crippen LogP contribution in [0.15, 0.2) is 12.2 Å². The van der Waals surface area contributed by atoms with Gasteiger partial charge in [0.1, 0.15) is 0 Å². The third-order valence-corrected chi connectivity index (χ3v) is 9.18. The Morgan fingerprint density at radius 1 is 0.912 bits per heavy atom. The lowest BCUT2D eigenvalue weighted by atomic mass is 9.63. The van der Waals surface area contributed by atoms with Crippen molar-refractivity contribution in [2.24, 2.45) is 40.4 Å². The largest absolute Gasteiger partial charge is 0.0996 e. The van der Waals surface area contributed by atoms with Gasteiger partial charge < -0.3 is 0 Å². The van der Waals surface area contributed by atoms with Crippen molar-refractivity contribution in [1.82, 2.24) is 0 Å². The second kappa shape index (κ2) is 17.2. The molecule has 3 rings (SSSR count). The smallest absolute Gasteiger partial charge is 0.0149 e. The normalized spacial score (nSPS) is 32.4. The van der Waals surface area contributed by atoms with Gasteiger partial charge in [-0.3, -0.25) is 0 Å². The summed E-state index contributed by atoms with van der Waals surface area (Å²) < 4.78 is 0. The van der Waals surface area contributed by atoms with Gasteiger partial charge in [0.25, 0.3) is 0 Å². The highest BCUT2D eigenvalue weighted by Crippen LogP contribution is 2.58. The van der Waals surface area contributed by atoms with E-state index in [2.05, 4.69) is 55.0 Å². The molecule has 204 valence electrons. The summed E-state index contributed by atoms with van der Waals surface area (Å²) in [7, 11) is 0. The van der Waals surface area contributed by atoms with E-state index in [1.807, 2.05) is 27.7 Å². The van der Waals surface area contributed by atoms with Crippen molar-refractivity contribution in [2.45, 2.75) is 166 Å². The zero-order valence-corrected chi connectivity index (χ0v) is 26.0. The minimum absolute atomic E-state index is 0.515. The summed E-state index contributed by atoms with van der Waals surface area (Å²) in [6.07, 6.45) is 20.1. The molecule has 0 saturated heterocycles. The molecule has 0 amide bonds. The van der Waals surface area contributed by atoms with E-state index in [1.165, 1.54) is 89.9 Å². The number of rotatable bonds is 7. The average Bonchev–Trinajstić information content (AvgIpc) is 3.30. The molecule has 0 heterocycles. The predicted molar refractivity (Wildman–Crippen MR) is 159 cm³/mol. The Kier molecular flexibility index (Phi) is 17.1. The Labute approximate surface area is 218 Å². The van der Waals surface area contributed by atoms with Crippen LogP contribution < -0.4 is 0 Å². The molecule has 3 aliphatic carbocycles. The summed E-state index contributed by atoms with van der Waals surface area (Å²) in [5, 5.41) is 0. The summed E-state index contributed by atoms with van der Waals surface area (Å²) in [5.74, 6) is 4.91. The molecule has 0 aliphatic heterocycles. The van der Waals surface area contributed by atoms with E-state index in [0.717, 1.165) is 29.6 Å². The molecule has 34 heavy (non-hydrogen) atoms. The molecule has 3 fully saturated rings. The summed E-state index contributed by atoms with van der Waals surface area (Å²) in [4.78, 5) is 0. The van der Waals surface area contributed by atoms with Crippen molar-refractivity contribution in [3.63, 3.8) is 0 Å². The van der Waals surface area contributed by atoms with Crippen molar-refractivity contribution in [3.05, 3.63) is 12.2 Å². The Hall–Kier alpha value is -0.260. The fourth-order valence-corrected chi connectivity index (χ4v) is 7.29. The highest BCUT2D eigenvalue weighted by atomic mass is 14.5. The summed E-state index contributed by atoms with van der Waals surface area (Å²) in [6, 6.07) is 0. The van der Waals surface area contributed by atoms with Crippen molar-refractivity contribution >= 4 is 0 Å². The summed E-state index contributed by atoms with van der Waals surface area (Å²) in [6.45, 7) is 29.2. The van der Waals surface area contributed by atoms with Crippen LogP contribution in [0, 0.1) is 40.4 Å². The molecular formula is C34H68. The van der Waals surface area contributed by atoms with Gasteiger partial charge in [0, 0.05) is 0 Å². The first-order chi connectivity index (χ1) is 16.1. The van der Waals surface area contributed by atoms with Gasteiger partial charge in [-0.2, -0.15) is 0 Å². The van der Waals surface area contributed by atoms with Crippen LogP contribution in [-0.2, 0) is 0 Å². The highest BCUT2D eigenvalue weighted by Gasteiger charge is 2.48. The fraction of sp³-hybridized carbons (Fsp3) is 0.941. The number of hydrogen-bond acceptors (Lipinski definition) is 0. The van der Waals surface area contributed by atoms with Gasteiger partial charge in [-0.25, -0.2) is 0 Å². The summed E-state index contributed by atoms with van der Waals surface area (Å²) >= 11 is 0. The second-order valence-electron chi connectivity index (χ2n) is 13.1. The number of allylic oxidation sites excluding steroid dienone is 1. The summed E-state index contributed by atoms with van der Waals surface area (Å²) in [5.41, 5.74) is 2.70. The minimum atomic E-state index is 0.515. The first kappa shape index (κ1) is 33.7. The van der Waals surface area contributed by atoms with Gasteiger partial charge in [0.15, 0.2) is 0 Å². The number of hydrogen-bond donors (Lipinski definition) is 0. The van der Waals surface area contributed by atoms with Crippen molar-refractivity contribution in [2.75, 3.05) is 0 Å². The lowest BCUT2D eigenvalue weighted by Crippen LogP contribution is -2.32. The van der Waals surface area contributed by atoms with E-state index in [4.69, 9.17) is 0 Å². The zero-order valence-electron chi connectivity index (χ0n) is 26.0. The third kappa shape index (κ3) is 11.2. The zero-order chi connectivity index (χ0) is 26.4. The predicted octanol–water partition coefficient (Wildman–Crippen LogP) is 12.3. The first-order valence-electron chi connectivity index (χ1n) is 15.7. The maximum atomic E-state index is 4.37. The lowest BCUT2D eigenvalue weighted by molar-refractivity contribution is 0.126. The molecule has 0 radical (unpaired) electrons. The van der Waals surface area contributed by atoms with E-state index in [0.29, 0.717) is 10.8 Å². The molecule has 3 saturated carbocycles. The van der Waals surface area contributed by atoms with Crippen molar-refractivity contribution in [1.29, 1.82) is 0 Å². The SMILES string of the molecule is C=C1CCCC2(C)C(CCCCC(C)(C)C)CCC12.CC.CC.CCCCC1CC(C)CC1C. The Morgan fingerprint density at radius 3 is 2.09 bits per heavy atom. The van der Waals surface area contributed by atoms with E-state index in [-0.39, 0.29) is 0 Å². The molecule has 0 N–H and O–H groups in total. The fourth-order valence-electron chi connectivity index (χ4n) is 7.29. The third-order valence-electron chi connectivity index (χ3n) is 9.18. The Bertz CT molecular complexity index is 509. The monoisotopic (exact) mass is 477 g/mol. The topological polar surface area (TPSA) is 0 Å². The van der Waals surface area contributed by atoms with Gasteiger partial charge in [0.2, 0.25) is 0 Å². The molecule has 6 unspecified atom stereocenters. The molecule has 0 heteroatoms. The van der Waals surface area contributed by atoms with Gasteiger partial charge >= 0.3 is 0 Å². The van der Waals surface area contributed by atoms with Crippen LogP contribution in [0.3, 0.4) is 0 Å². The highest BCUT2D eigenvalue weighted by molar-refractivity contribution is 5.14. The van der Waals surface area contributed by atoms with E-state index in [9.17, 15) is 0 Å². The second-order valence-corrected chi connectivity index (χ2v) is 13.1. The molecule has 6 atom stereocenters. The van der Waals surface area contributed by atoms with Gasteiger partial charge in [-0.1, -0.05) is 120 Å². The van der Waals surface area contributed by atoms with Crippen molar-refractivity contribution < 1.29 is 0 Å². The molecule has 0 aromatic carbocycles. The molecule has 0 bridgehead atoms. The number of unbranched alkanes of at least 4 members (excludes halogenated alkanes) is 2. The van der Waals surface area contributed by atoms with E-state index in [1.54, 1.807) is 5.57 Å². The molecular weight excluding hydrogens is 408 g/mol. The van der Waals surface area contributed by atoms with Crippen LogP contribution in [-0.4, -0.2) is 0 Å². The molecule has 0 nitrogen and oxygen atoms in total. The van der Waals surface area contributed by atoms with E-state index < -0.39 is 0 Å².